The molecule has 0 radical (unpaired) electrons. The summed E-state index contributed by atoms with van der Waals surface area (Å²) in [6.07, 6.45) is 8.21. The molecule has 0 amide bonds. The molecule has 0 spiro atoms. The van der Waals surface area contributed by atoms with Gasteiger partial charge in [-0.1, -0.05) is 27.2 Å². The van der Waals surface area contributed by atoms with Crippen LogP contribution in [0, 0.1) is 11.3 Å². The number of likely N-dealkylation sites (tertiary alicyclic amines) is 1. The fourth-order valence-electron chi connectivity index (χ4n) is 2.87. The summed E-state index contributed by atoms with van der Waals surface area (Å²) in [4.78, 5) is 2.68. The lowest BCUT2D eigenvalue weighted by atomic mass is 9.77. The molecule has 1 saturated heterocycles. The van der Waals surface area contributed by atoms with E-state index in [1.54, 1.807) is 0 Å². The van der Waals surface area contributed by atoms with Crippen LogP contribution in [0.2, 0.25) is 0 Å². The molecule has 17 heavy (non-hydrogen) atoms. The van der Waals surface area contributed by atoms with Crippen LogP contribution in [0.1, 0.15) is 59.3 Å². The Morgan fingerprint density at radius 2 is 1.82 bits per heavy atom. The lowest BCUT2D eigenvalue weighted by Gasteiger charge is -2.29. The highest BCUT2D eigenvalue weighted by Crippen LogP contribution is 2.34. The van der Waals surface area contributed by atoms with E-state index in [2.05, 4.69) is 38.3 Å². The van der Waals surface area contributed by atoms with E-state index in [1.165, 1.54) is 58.2 Å². The second kappa shape index (κ2) is 7.68. The van der Waals surface area contributed by atoms with Crippen molar-refractivity contribution >= 4 is 12.6 Å². The van der Waals surface area contributed by atoms with Gasteiger partial charge in [0, 0.05) is 0 Å². The minimum atomic E-state index is 0.502. The van der Waals surface area contributed by atoms with Crippen molar-refractivity contribution in [3.8, 4) is 0 Å². The van der Waals surface area contributed by atoms with Gasteiger partial charge < -0.3 is 4.90 Å². The maximum absolute atomic E-state index is 4.27. The minimum absolute atomic E-state index is 0.502. The highest BCUT2D eigenvalue weighted by molar-refractivity contribution is 7.80. The van der Waals surface area contributed by atoms with E-state index in [4.69, 9.17) is 0 Å². The van der Waals surface area contributed by atoms with Gasteiger partial charge in [-0.25, -0.2) is 0 Å². The van der Waals surface area contributed by atoms with Crippen LogP contribution in [0.5, 0.6) is 0 Å². The molecule has 1 aliphatic heterocycles. The Kier molecular flexibility index (Phi) is 6.94. The molecule has 0 N–H and O–H groups in total. The molecule has 0 saturated carbocycles. The zero-order chi connectivity index (χ0) is 12.7. The monoisotopic (exact) mass is 257 g/mol. The maximum Gasteiger partial charge on any atom is -0.00159 e. The van der Waals surface area contributed by atoms with Gasteiger partial charge in [0.15, 0.2) is 0 Å². The highest BCUT2D eigenvalue weighted by Gasteiger charge is 2.26. The minimum Gasteiger partial charge on any atom is -0.303 e. The fourth-order valence-corrected chi connectivity index (χ4v) is 3.09. The number of hydrogen-bond donors (Lipinski definition) is 1. The second-order valence-corrected chi connectivity index (χ2v) is 7.07. The summed E-state index contributed by atoms with van der Waals surface area (Å²) in [7, 11) is 0. The van der Waals surface area contributed by atoms with E-state index < -0.39 is 0 Å². The number of hydrogen-bond acceptors (Lipinski definition) is 2. The van der Waals surface area contributed by atoms with Crippen molar-refractivity contribution in [1.29, 1.82) is 0 Å². The molecule has 2 heteroatoms. The maximum atomic E-state index is 4.27. The van der Waals surface area contributed by atoms with Crippen molar-refractivity contribution in [3.63, 3.8) is 0 Å². The molecular weight excluding hydrogens is 226 g/mol. The Balaban J connectivity index is 2.23. The predicted molar refractivity (Wildman–Crippen MR) is 80.9 cm³/mol. The Labute approximate surface area is 114 Å². The average Bonchev–Trinajstić information content (AvgIpc) is 2.49. The third kappa shape index (κ3) is 6.15. The zero-order valence-corrected chi connectivity index (χ0v) is 12.9. The van der Waals surface area contributed by atoms with Gasteiger partial charge in [-0.2, -0.15) is 12.6 Å². The Bertz CT molecular complexity index is 198. The second-order valence-electron chi connectivity index (χ2n) is 6.62. The average molecular weight is 257 g/mol. The lowest BCUT2D eigenvalue weighted by molar-refractivity contribution is 0.207. The van der Waals surface area contributed by atoms with Crippen LogP contribution in [0.15, 0.2) is 0 Å². The quantitative estimate of drug-likeness (QED) is 0.570. The molecule has 1 atom stereocenters. The van der Waals surface area contributed by atoms with Gasteiger partial charge in [-0.15, -0.1) is 0 Å². The van der Waals surface area contributed by atoms with Gasteiger partial charge >= 0.3 is 0 Å². The summed E-state index contributed by atoms with van der Waals surface area (Å²) in [5.74, 6) is 1.97. The van der Waals surface area contributed by atoms with E-state index in [9.17, 15) is 0 Å². The molecule has 1 fully saturated rings. The first-order chi connectivity index (χ1) is 8.04. The summed E-state index contributed by atoms with van der Waals surface area (Å²) in [6, 6.07) is 0. The first-order valence-corrected chi connectivity index (χ1v) is 8.00. The largest absolute Gasteiger partial charge is 0.303 e. The van der Waals surface area contributed by atoms with Crippen molar-refractivity contribution in [2.24, 2.45) is 11.3 Å². The molecule has 1 aliphatic rings. The number of nitrogens with zero attached hydrogens (tertiary/aromatic N) is 1. The van der Waals surface area contributed by atoms with Crippen molar-refractivity contribution in [2.75, 3.05) is 25.4 Å². The predicted octanol–water partition coefficient (Wildman–Crippen LogP) is 4.23. The summed E-state index contributed by atoms with van der Waals surface area (Å²) < 4.78 is 0. The molecule has 0 aromatic heterocycles. The fraction of sp³-hybridized carbons (Fsp3) is 1.00. The first kappa shape index (κ1) is 15.4. The third-order valence-corrected chi connectivity index (χ3v) is 4.49. The van der Waals surface area contributed by atoms with Gasteiger partial charge in [-0.3, -0.25) is 0 Å². The van der Waals surface area contributed by atoms with Gasteiger partial charge in [0.2, 0.25) is 0 Å². The van der Waals surface area contributed by atoms with Crippen LogP contribution < -0.4 is 0 Å². The number of thiol groups is 1. The molecule has 1 heterocycles. The van der Waals surface area contributed by atoms with Crippen LogP contribution in [0.25, 0.3) is 0 Å². The van der Waals surface area contributed by atoms with Crippen molar-refractivity contribution in [3.05, 3.63) is 0 Å². The normalized spacial score (nSPS) is 23.6. The summed E-state index contributed by atoms with van der Waals surface area (Å²) >= 11 is 4.27. The highest BCUT2D eigenvalue weighted by atomic mass is 32.1. The van der Waals surface area contributed by atoms with E-state index >= 15 is 0 Å². The van der Waals surface area contributed by atoms with E-state index in [1.807, 2.05) is 0 Å². The molecular formula is C15H31NS. The molecule has 0 bridgehead atoms. The molecule has 1 nitrogen and oxygen atoms in total. The van der Waals surface area contributed by atoms with Crippen LogP contribution in [-0.2, 0) is 0 Å². The summed E-state index contributed by atoms with van der Waals surface area (Å²) in [6.45, 7) is 11.2. The zero-order valence-electron chi connectivity index (χ0n) is 12.0. The standard InChI is InChI=1S/C15H31NS/c1-15(2,3)14-8-7-11-16(12-9-14)10-5-4-6-13-17/h14,17H,4-13H2,1-3H3. The summed E-state index contributed by atoms with van der Waals surface area (Å²) in [5, 5.41) is 0. The molecule has 0 aliphatic carbocycles. The Hall–Kier alpha value is 0.310. The number of rotatable bonds is 5. The third-order valence-electron chi connectivity index (χ3n) is 4.18. The molecule has 1 unspecified atom stereocenters. The van der Waals surface area contributed by atoms with E-state index in [0.29, 0.717) is 5.41 Å². The number of unbranched alkanes of at least 4 members (excludes halogenated alkanes) is 2. The van der Waals surface area contributed by atoms with Crippen LogP contribution in [0.4, 0.5) is 0 Å². The first-order valence-electron chi connectivity index (χ1n) is 7.37. The Morgan fingerprint density at radius 1 is 1.06 bits per heavy atom. The van der Waals surface area contributed by atoms with Crippen LogP contribution in [0.3, 0.4) is 0 Å². The van der Waals surface area contributed by atoms with Gasteiger partial charge in [0.25, 0.3) is 0 Å². The molecule has 0 aromatic rings. The Morgan fingerprint density at radius 3 is 2.47 bits per heavy atom. The van der Waals surface area contributed by atoms with Crippen molar-refractivity contribution in [2.45, 2.75) is 59.3 Å². The van der Waals surface area contributed by atoms with Crippen molar-refractivity contribution < 1.29 is 0 Å². The smallest absolute Gasteiger partial charge is 0.00159 e. The van der Waals surface area contributed by atoms with E-state index in [0.717, 1.165) is 11.7 Å². The van der Waals surface area contributed by atoms with Gasteiger partial charge in [0.05, 0.1) is 0 Å². The molecule has 1 rings (SSSR count). The molecule has 0 aromatic carbocycles. The van der Waals surface area contributed by atoms with Crippen LogP contribution >= 0.6 is 12.6 Å². The SMILES string of the molecule is CC(C)(C)C1CCCN(CCCCCS)CC1. The van der Waals surface area contributed by atoms with Crippen LogP contribution in [-0.4, -0.2) is 30.3 Å². The van der Waals surface area contributed by atoms with Gasteiger partial charge in [0.1, 0.15) is 0 Å². The molecule has 102 valence electrons. The van der Waals surface area contributed by atoms with E-state index in [-0.39, 0.29) is 0 Å². The summed E-state index contributed by atoms with van der Waals surface area (Å²) in [5.41, 5.74) is 0.502. The topological polar surface area (TPSA) is 3.24 Å². The van der Waals surface area contributed by atoms with Gasteiger partial charge in [-0.05, 0) is 68.8 Å². The van der Waals surface area contributed by atoms with Crippen molar-refractivity contribution in [1.82, 2.24) is 4.90 Å². The lowest BCUT2D eigenvalue weighted by Crippen LogP contribution is -2.27.